The normalized spacial score (nSPS) is 25.4. The van der Waals surface area contributed by atoms with Crippen LogP contribution in [0.1, 0.15) is 75.3 Å². The molecule has 2 N–H and O–H groups in total. The van der Waals surface area contributed by atoms with Crippen LogP contribution in [0.15, 0.2) is 54.6 Å². The van der Waals surface area contributed by atoms with Crippen LogP contribution in [-0.4, -0.2) is 28.5 Å². The summed E-state index contributed by atoms with van der Waals surface area (Å²) in [5.41, 5.74) is 8.85. The van der Waals surface area contributed by atoms with Crippen LogP contribution in [0.5, 0.6) is 0 Å². The van der Waals surface area contributed by atoms with Crippen LogP contribution >= 0.6 is 0 Å². The average molecular weight is 464 g/mol. The zero-order chi connectivity index (χ0) is 23.8. The Hall–Kier alpha value is -2.24. The van der Waals surface area contributed by atoms with E-state index in [9.17, 15) is 10.1 Å². The van der Waals surface area contributed by atoms with Crippen LogP contribution in [0.2, 0.25) is 0 Å². The molecule has 0 unspecified atom stereocenters. The van der Waals surface area contributed by atoms with E-state index in [2.05, 4.69) is 35.2 Å². The summed E-state index contributed by atoms with van der Waals surface area (Å²) >= 11 is 0. The van der Waals surface area contributed by atoms with Gasteiger partial charge in [0.2, 0.25) is 0 Å². The molecular formula is C29H41N3O2. The summed E-state index contributed by atoms with van der Waals surface area (Å²) in [6, 6.07) is 18.9. The molecule has 2 fully saturated rings. The lowest BCUT2D eigenvalue weighted by atomic mass is 9.75. The maximum atomic E-state index is 11.0. The monoisotopic (exact) mass is 463 g/mol. The van der Waals surface area contributed by atoms with E-state index in [0.29, 0.717) is 12.1 Å². The minimum atomic E-state index is -0.317. The molecule has 2 aliphatic carbocycles. The molecule has 0 bridgehead atoms. The molecule has 2 aromatic rings. The third-order valence-corrected chi connectivity index (χ3v) is 8.18. The van der Waals surface area contributed by atoms with E-state index in [1.54, 1.807) is 12.1 Å². The van der Waals surface area contributed by atoms with Gasteiger partial charge in [-0.1, -0.05) is 42.5 Å². The summed E-state index contributed by atoms with van der Waals surface area (Å²) < 4.78 is 0. The lowest BCUT2D eigenvalue weighted by Crippen LogP contribution is -2.39. The highest BCUT2D eigenvalue weighted by Crippen LogP contribution is 2.36. The minimum absolute atomic E-state index is 0.170. The van der Waals surface area contributed by atoms with Crippen molar-refractivity contribution in [1.82, 2.24) is 4.90 Å². The van der Waals surface area contributed by atoms with Crippen molar-refractivity contribution in [3.05, 3.63) is 75.8 Å². The summed E-state index contributed by atoms with van der Waals surface area (Å²) in [5.74, 6) is 1.77. The van der Waals surface area contributed by atoms with E-state index in [4.69, 9.17) is 5.73 Å². The van der Waals surface area contributed by atoms with Crippen LogP contribution in [-0.2, 0) is 13.0 Å². The number of aryl methyl sites for hydroxylation is 1. The van der Waals surface area contributed by atoms with Gasteiger partial charge in [0, 0.05) is 30.8 Å². The third-order valence-electron chi connectivity index (χ3n) is 8.18. The average Bonchev–Trinajstić information content (AvgIpc) is 2.86. The molecule has 0 aliphatic heterocycles. The lowest BCUT2D eigenvalue weighted by Gasteiger charge is -2.38. The Labute approximate surface area is 204 Å². The number of non-ortho nitro benzene ring substituents is 1. The topological polar surface area (TPSA) is 72.4 Å². The summed E-state index contributed by atoms with van der Waals surface area (Å²) in [5, 5.41) is 11.0. The first-order valence-corrected chi connectivity index (χ1v) is 13.3. The van der Waals surface area contributed by atoms with Gasteiger partial charge >= 0.3 is 0 Å². The molecule has 0 spiro atoms. The Bertz CT molecular complexity index is 870. The molecule has 0 atom stereocenters. The van der Waals surface area contributed by atoms with Gasteiger partial charge in [-0.15, -0.1) is 0 Å². The molecule has 34 heavy (non-hydrogen) atoms. The van der Waals surface area contributed by atoms with Crippen molar-refractivity contribution in [2.75, 3.05) is 6.54 Å². The fraction of sp³-hybridized carbons (Fsp3) is 0.586. The molecule has 0 heterocycles. The molecule has 0 aromatic heterocycles. The third kappa shape index (κ3) is 7.38. The Morgan fingerprint density at radius 1 is 0.824 bits per heavy atom. The van der Waals surface area contributed by atoms with Crippen molar-refractivity contribution in [2.24, 2.45) is 17.6 Å². The number of benzene rings is 2. The second kappa shape index (κ2) is 12.5. The Kier molecular flexibility index (Phi) is 9.11. The Morgan fingerprint density at radius 3 is 2.06 bits per heavy atom. The highest BCUT2D eigenvalue weighted by molar-refractivity contribution is 5.32. The van der Waals surface area contributed by atoms with Gasteiger partial charge in [-0.3, -0.25) is 15.0 Å². The predicted molar refractivity (Wildman–Crippen MR) is 139 cm³/mol. The lowest BCUT2D eigenvalue weighted by molar-refractivity contribution is -0.384. The summed E-state index contributed by atoms with van der Waals surface area (Å²) in [7, 11) is 0. The molecule has 2 saturated carbocycles. The van der Waals surface area contributed by atoms with E-state index in [1.807, 2.05) is 12.1 Å². The maximum absolute atomic E-state index is 11.0. The Balaban J connectivity index is 1.32. The fourth-order valence-electron chi connectivity index (χ4n) is 6.12. The van der Waals surface area contributed by atoms with E-state index < -0.39 is 0 Å². The zero-order valence-corrected chi connectivity index (χ0v) is 20.5. The van der Waals surface area contributed by atoms with E-state index >= 15 is 0 Å². The molecule has 2 aromatic carbocycles. The molecule has 4 rings (SSSR count). The van der Waals surface area contributed by atoms with Crippen LogP contribution < -0.4 is 5.73 Å². The van der Waals surface area contributed by atoms with Gasteiger partial charge in [0.25, 0.3) is 5.69 Å². The van der Waals surface area contributed by atoms with Gasteiger partial charge in [0.15, 0.2) is 0 Å². The van der Waals surface area contributed by atoms with Gasteiger partial charge in [-0.05, 0) is 100 Å². The highest BCUT2D eigenvalue weighted by Gasteiger charge is 2.28. The largest absolute Gasteiger partial charge is 0.328 e. The Morgan fingerprint density at radius 2 is 1.44 bits per heavy atom. The first kappa shape index (κ1) is 24.9. The number of hydrogen-bond acceptors (Lipinski definition) is 4. The van der Waals surface area contributed by atoms with Crippen molar-refractivity contribution < 1.29 is 4.92 Å². The number of nitro benzene ring substituents is 1. The van der Waals surface area contributed by atoms with Crippen LogP contribution in [0.3, 0.4) is 0 Å². The number of nitrogens with zero attached hydrogens (tertiary/aromatic N) is 2. The molecular weight excluding hydrogens is 422 g/mol. The first-order valence-electron chi connectivity index (χ1n) is 13.3. The summed E-state index contributed by atoms with van der Waals surface area (Å²) in [4.78, 5) is 13.4. The molecule has 5 heteroatoms. The molecule has 0 amide bonds. The minimum Gasteiger partial charge on any atom is -0.328 e. The van der Waals surface area contributed by atoms with E-state index in [1.165, 1.54) is 68.9 Å². The van der Waals surface area contributed by atoms with E-state index in [0.717, 1.165) is 37.8 Å². The number of nitrogens with two attached hydrogens (primary N) is 1. The van der Waals surface area contributed by atoms with E-state index in [-0.39, 0.29) is 10.6 Å². The summed E-state index contributed by atoms with van der Waals surface area (Å²) in [6.07, 6.45) is 13.9. The molecule has 184 valence electrons. The smallest absolute Gasteiger partial charge is 0.269 e. The quantitative estimate of drug-likeness (QED) is 0.323. The standard InChI is InChI=1S/C29H41N3O2/c30-27-14-8-24(9-15-27)21-25-10-16-28(17-11-25)31(20-4-7-23-5-2-1-3-6-23)22-26-12-18-29(19-13-26)32(33)34/h1-3,5-6,12-13,18-19,24-25,27-28H,4,7-11,14-17,20-22,30H2. The van der Waals surface area contributed by atoms with Crippen LogP contribution in [0.25, 0.3) is 0 Å². The van der Waals surface area contributed by atoms with Crippen molar-refractivity contribution >= 4 is 5.69 Å². The zero-order valence-electron chi connectivity index (χ0n) is 20.5. The summed E-state index contributed by atoms with van der Waals surface area (Å²) in [6.45, 7) is 1.95. The van der Waals surface area contributed by atoms with Gasteiger partial charge in [-0.2, -0.15) is 0 Å². The number of hydrogen-bond donors (Lipinski definition) is 1. The van der Waals surface area contributed by atoms with Gasteiger partial charge in [0.05, 0.1) is 4.92 Å². The SMILES string of the molecule is NC1CCC(CC2CCC(N(CCCc3ccccc3)Cc3ccc([N+](=O)[O-])cc3)CC2)CC1. The van der Waals surface area contributed by atoms with Crippen molar-refractivity contribution in [3.8, 4) is 0 Å². The maximum Gasteiger partial charge on any atom is 0.269 e. The highest BCUT2D eigenvalue weighted by atomic mass is 16.6. The van der Waals surface area contributed by atoms with Crippen molar-refractivity contribution in [2.45, 2.75) is 89.3 Å². The van der Waals surface area contributed by atoms with Crippen LogP contribution in [0, 0.1) is 22.0 Å². The number of nitro groups is 1. The fourth-order valence-corrected chi connectivity index (χ4v) is 6.12. The van der Waals surface area contributed by atoms with Crippen molar-refractivity contribution in [3.63, 3.8) is 0 Å². The second-order valence-electron chi connectivity index (χ2n) is 10.7. The van der Waals surface area contributed by atoms with Gasteiger partial charge < -0.3 is 5.73 Å². The van der Waals surface area contributed by atoms with Crippen molar-refractivity contribution in [1.29, 1.82) is 0 Å². The second-order valence-corrected chi connectivity index (χ2v) is 10.7. The van der Waals surface area contributed by atoms with Crippen LogP contribution in [0.4, 0.5) is 5.69 Å². The van der Waals surface area contributed by atoms with Gasteiger partial charge in [0.1, 0.15) is 0 Å². The van der Waals surface area contributed by atoms with Gasteiger partial charge in [-0.25, -0.2) is 0 Å². The molecule has 2 aliphatic rings. The first-order chi connectivity index (χ1) is 16.6. The molecule has 5 nitrogen and oxygen atoms in total. The predicted octanol–water partition coefficient (Wildman–Crippen LogP) is 6.50. The molecule has 0 saturated heterocycles. The number of rotatable bonds is 10. The molecule has 0 radical (unpaired) electrons.